The molecule has 0 fully saturated rings. The van der Waals surface area contributed by atoms with Crippen molar-refractivity contribution in [2.45, 2.75) is 13.5 Å². The molecule has 0 saturated heterocycles. The molecule has 4 nitrogen and oxygen atoms in total. The summed E-state index contributed by atoms with van der Waals surface area (Å²) in [5, 5.41) is 0.872. The van der Waals surface area contributed by atoms with Gasteiger partial charge in [-0.2, -0.15) is 0 Å². The van der Waals surface area contributed by atoms with Crippen LogP contribution in [0.15, 0.2) is 60.8 Å². The topological polar surface area (TPSA) is 48.3 Å². The number of carbonyl (C=O) groups is 2. The van der Waals surface area contributed by atoms with E-state index in [4.69, 9.17) is 4.74 Å². The number of fused-ring (bicyclic) bond motifs is 1. The SMILES string of the molecule is CCOC(=O)/C=C/c1ccc2c(c1)c(C=O)cn2Cc1ccccc1. The summed E-state index contributed by atoms with van der Waals surface area (Å²) in [6.07, 6.45) is 5.82. The normalized spacial score (nSPS) is 11.1. The molecule has 1 aromatic heterocycles. The first-order valence-corrected chi connectivity index (χ1v) is 8.18. The smallest absolute Gasteiger partial charge is 0.330 e. The summed E-state index contributed by atoms with van der Waals surface area (Å²) in [5.41, 5.74) is 3.64. The molecule has 0 aliphatic carbocycles. The Labute approximate surface area is 146 Å². The molecule has 0 bridgehead atoms. The van der Waals surface area contributed by atoms with Gasteiger partial charge in [0, 0.05) is 35.3 Å². The van der Waals surface area contributed by atoms with E-state index >= 15 is 0 Å². The number of aldehydes is 1. The number of ether oxygens (including phenoxy) is 1. The monoisotopic (exact) mass is 333 g/mol. The van der Waals surface area contributed by atoms with Gasteiger partial charge >= 0.3 is 5.97 Å². The Morgan fingerprint density at radius 2 is 1.96 bits per heavy atom. The van der Waals surface area contributed by atoms with Crippen molar-refractivity contribution in [3.05, 3.63) is 77.5 Å². The molecule has 0 unspecified atom stereocenters. The van der Waals surface area contributed by atoms with Crippen molar-refractivity contribution in [1.82, 2.24) is 4.57 Å². The zero-order valence-electron chi connectivity index (χ0n) is 14.0. The van der Waals surface area contributed by atoms with E-state index in [1.807, 2.05) is 42.6 Å². The van der Waals surface area contributed by atoms with Crippen molar-refractivity contribution < 1.29 is 14.3 Å². The Bertz CT molecular complexity index is 923. The summed E-state index contributed by atoms with van der Waals surface area (Å²) in [6.45, 7) is 2.81. The average molecular weight is 333 g/mol. The number of carbonyl (C=O) groups excluding carboxylic acids is 2. The summed E-state index contributed by atoms with van der Waals surface area (Å²) in [5.74, 6) is -0.375. The van der Waals surface area contributed by atoms with Gasteiger partial charge in [-0.3, -0.25) is 4.79 Å². The molecule has 1 heterocycles. The van der Waals surface area contributed by atoms with Gasteiger partial charge in [-0.25, -0.2) is 4.79 Å². The van der Waals surface area contributed by atoms with Crippen LogP contribution in [0.2, 0.25) is 0 Å². The number of esters is 1. The van der Waals surface area contributed by atoms with E-state index in [0.717, 1.165) is 22.8 Å². The maximum atomic E-state index is 11.4. The molecule has 0 saturated carbocycles. The number of rotatable bonds is 6. The van der Waals surface area contributed by atoms with Crippen molar-refractivity contribution in [1.29, 1.82) is 0 Å². The quantitative estimate of drug-likeness (QED) is 0.388. The van der Waals surface area contributed by atoms with Crippen molar-refractivity contribution in [3.8, 4) is 0 Å². The summed E-state index contributed by atoms with van der Waals surface area (Å²) < 4.78 is 6.94. The highest BCUT2D eigenvalue weighted by molar-refractivity contribution is 5.99. The summed E-state index contributed by atoms with van der Waals surface area (Å²) in [4.78, 5) is 22.9. The molecule has 0 N–H and O–H groups in total. The van der Waals surface area contributed by atoms with Crippen LogP contribution >= 0.6 is 0 Å². The van der Waals surface area contributed by atoms with Gasteiger partial charge in [-0.1, -0.05) is 36.4 Å². The molecular formula is C21H19NO3. The molecule has 4 heteroatoms. The van der Waals surface area contributed by atoms with Crippen LogP contribution in [0.3, 0.4) is 0 Å². The molecule has 25 heavy (non-hydrogen) atoms. The van der Waals surface area contributed by atoms with Gasteiger partial charge in [0.25, 0.3) is 0 Å². The maximum Gasteiger partial charge on any atom is 0.330 e. The third kappa shape index (κ3) is 3.86. The molecule has 0 aliphatic rings. The molecule has 3 rings (SSSR count). The van der Waals surface area contributed by atoms with Gasteiger partial charge in [-0.05, 0) is 36.3 Å². The lowest BCUT2D eigenvalue weighted by atomic mass is 10.1. The molecule has 0 radical (unpaired) electrons. The molecular weight excluding hydrogens is 314 g/mol. The Morgan fingerprint density at radius 1 is 1.16 bits per heavy atom. The largest absolute Gasteiger partial charge is 0.463 e. The standard InChI is InChI=1S/C21H19NO3/c1-2-25-21(24)11-9-16-8-10-20-19(12-16)18(15-23)14-22(20)13-17-6-4-3-5-7-17/h3-12,14-15H,2,13H2,1H3/b11-9+. The molecule has 3 aromatic rings. The van der Waals surface area contributed by atoms with Crippen LogP contribution in [0.25, 0.3) is 17.0 Å². The number of nitrogens with zero attached hydrogens (tertiary/aromatic N) is 1. The van der Waals surface area contributed by atoms with Gasteiger partial charge < -0.3 is 9.30 Å². The van der Waals surface area contributed by atoms with E-state index in [0.29, 0.717) is 18.7 Å². The Morgan fingerprint density at radius 3 is 2.68 bits per heavy atom. The maximum absolute atomic E-state index is 11.4. The van der Waals surface area contributed by atoms with E-state index in [-0.39, 0.29) is 5.97 Å². The second kappa shape index (κ2) is 7.62. The number of benzene rings is 2. The third-order valence-corrected chi connectivity index (χ3v) is 3.96. The number of aromatic nitrogens is 1. The second-order valence-electron chi connectivity index (χ2n) is 5.68. The van der Waals surface area contributed by atoms with Crippen LogP contribution in [-0.4, -0.2) is 23.4 Å². The van der Waals surface area contributed by atoms with Crippen LogP contribution in [0, 0.1) is 0 Å². The van der Waals surface area contributed by atoms with Crippen molar-refractivity contribution in [2.24, 2.45) is 0 Å². The first-order valence-electron chi connectivity index (χ1n) is 8.18. The van der Waals surface area contributed by atoms with E-state index in [2.05, 4.69) is 16.7 Å². The van der Waals surface area contributed by atoms with Gasteiger partial charge in [0.05, 0.1) is 6.61 Å². The predicted molar refractivity (Wildman–Crippen MR) is 98.5 cm³/mol. The van der Waals surface area contributed by atoms with Crippen molar-refractivity contribution in [3.63, 3.8) is 0 Å². The second-order valence-corrected chi connectivity index (χ2v) is 5.68. The van der Waals surface area contributed by atoms with Gasteiger partial charge in [0.1, 0.15) is 0 Å². The predicted octanol–water partition coefficient (Wildman–Crippen LogP) is 4.08. The third-order valence-electron chi connectivity index (χ3n) is 3.96. The Kier molecular flexibility index (Phi) is 5.09. The lowest BCUT2D eigenvalue weighted by Gasteiger charge is -2.05. The van der Waals surface area contributed by atoms with E-state index < -0.39 is 0 Å². The minimum absolute atomic E-state index is 0.347. The van der Waals surface area contributed by atoms with Gasteiger partial charge in [-0.15, -0.1) is 0 Å². The first-order chi connectivity index (χ1) is 12.2. The molecule has 126 valence electrons. The van der Waals surface area contributed by atoms with Crippen LogP contribution in [0.1, 0.15) is 28.4 Å². The number of hydrogen-bond donors (Lipinski definition) is 0. The number of hydrogen-bond acceptors (Lipinski definition) is 3. The summed E-state index contributed by atoms with van der Waals surface area (Å²) in [7, 11) is 0. The molecule has 0 aliphatic heterocycles. The summed E-state index contributed by atoms with van der Waals surface area (Å²) >= 11 is 0. The highest BCUT2D eigenvalue weighted by Gasteiger charge is 2.09. The molecule has 2 aromatic carbocycles. The fraction of sp³-hybridized carbons (Fsp3) is 0.143. The molecule has 0 amide bonds. The van der Waals surface area contributed by atoms with Crippen molar-refractivity contribution >= 4 is 29.2 Å². The fourth-order valence-electron chi connectivity index (χ4n) is 2.81. The Hall–Kier alpha value is -3.14. The molecule has 0 spiro atoms. The first kappa shape index (κ1) is 16.7. The zero-order chi connectivity index (χ0) is 17.6. The van der Waals surface area contributed by atoms with Crippen LogP contribution in [0.5, 0.6) is 0 Å². The fourth-order valence-corrected chi connectivity index (χ4v) is 2.81. The van der Waals surface area contributed by atoms with Crippen LogP contribution in [-0.2, 0) is 16.1 Å². The van der Waals surface area contributed by atoms with E-state index in [9.17, 15) is 9.59 Å². The van der Waals surface area contributed by atoms with E-state index in [1.165, 1.54) is 11.6 Å². The van der Waals surface area contributed by atoms with Crippen LogP contribution < -0.4 is 0 Å². The lowest BCUT2D eigenvalue weighted by molar-refractivity contribution is -0.137. The van der Waals surface area contributed by atoms with Crippen molar-refractivity contribution in [2.75, 3.05) is 6.61 Å². The minimum atomic E-state index is -0.375. The molecule has 0 atom stereocenters. The van der Waals surface area contributed by atoms with Gasteiger partial charge in [0.2, 0.25) is 0 Å². The summed E-state index contributed by atoms with van der Waals surface area (Å²) in [6, 6.07) is 15.9. The average Bonchev–Trinajstić information content (AvgIpc) is 2.98. The highest BCUT2D eigenvalue weighted by Crippen LogP contribution is 2.23. The van der Waals surface area contributed by atoms with E-state index in [1.54, 1.807) is 13.0 Å². The Balaban J connectivity index is 1.94. The highest BCUT2D eigenvalue weighted by atomic mass is 16.5. The minimum Gasteiger partial charge on any atom is -0.463 e. The van der Waals surface area contributed by atoms with Crippen LogP contribution in [0.4, 0.5) is 0 Å². The van der Waals surface area contributed by atoms with Gasteiger partial charge in [0.15, 0.2) is 6.29 Å². The lowest BCUT2D eigenvalue weighted by Crippen LogP contribution is -1.98. The zero-order valence-corrected chi connectivity index (χ0v) is 14.0.